The van der Waals surface area contributed by atoms with Gasteiger partial charge >= 0.3 is 0 Å². The fourth-order valence-electron chi connectivity index (χ4n) is 3.98. The molecule has 2 N–H and O–H groups in total. The first-order chi connectivity index (χ1) is 13.0. The standard InChI is InChI=1S/C20H26N4O3/c1-4-18-22-12(2)19(23-18)14-9-24(3)10-15(14)20(25)21-8-13-5-6-16-17(7-13)27-11-26-16/h5-7,14-15H,4,8-11H2,1-3H3,(H,21,25)(H,22,23)/t14-,15-/m0/s1. The zero-order chi connectivity index (χ0) is 19.0. The number of ether oxygens (including phenoxy) is 2. The Morgan fingerprint density at radius 2 is 2.15 bits per heavy atom. The molecule has 4 rings (SSSR count). The van der Waals surface area contributed by atoms with Gasteiger partial charge < -0.3 is 24.7 Å². The van der Waals surface area contributed by atoms with Crippen molar-refractivity contribution in [2.75, 3.05) is 26.9 Å². The maximum atomic E-state index is 12.9. The molecule has 2 aliphatic heterocycles. The maximum absolute atomic E-state index is 12.9. The number of hydrogen-bond donors (Lipinski definition) is 2. The van der Waals surface area contributed by atoms with Crippen LogP contribution in [0.1, 0.15) is 35.6 Å². The predicted molar refractivity (Wildman–Crippen MR) is 101 cm³/mol. The van der Waals surface area contributed by atoms with Crippen molar-refractivity contribution >= 4 is 5.91 Å². The predicted octanol–water partition coefficient (Wildman–Crippen LogP) is 1.97. The lowest BCUT2D eigenvalue weighted by Crippen LogP contribution is -2.34. The van der Waals surface area contributed by atoms with Gasteiger partial charge in [0.15, 0.2) is 11.5 Å². The Morgan fingerprint density at radius 1 is 1.33 bits per heavy atom. The number of nitrogens with zero attached hydrogens (tertiary/aromatic N) is 2. The lowest BCUT2D eigenvalue weighted by molar-refractivity contribution is -0.125. The molecule has 7 heteroatoms. The molecule has 3 heterocycles. The Morgan fingerprint density at radius 3 is 2.93 bits per heavy atom. The molecule has 1 saturated heterocycles. The number of aromatic nitrogens is 2. The van der Waals surface area contributed by atoms with Gasteiger partial charge in [0, 0.05) is 37.7 Å². The van der Waals surface area contributed by atoms with Crippen molar-refractivity contribution < 1.29 is 14.3 Å². The van der Waals surface area contributed by atoms with Crippen LogP contribution in [0.25, 0.3) is 0 Å². The third-order valence-electron chi connectivity index (χ3n) is 5.40. The fraction of sp³-hybridized carbons (Fsp3) is 0.500. The minimum absolute atomic E-state index is 0.0717. The van der Waals surface area contributed by atoms with Gasteiger partial charge in [-0.15, -0.1) is 0 Å². The van der Waals surface area contributed by atoms with Crippen LogP contribution in [0.15, 0.2) is 18.2 Å². The average Bonchev–Trinajstić information content (AvgIpc) is 3.36. The topological polar surface area (TPSA) is 79.5 Å². The number of imidazole rings is 1. The first-order valence-electron chi connectivity index (χ1n) is 9.45. The molecule has 0 unspecified atom stereocenters. The zero-order valence-corrected chi connectivity index (χ0v) is 16.0. The summed E-state index contributed by atoms with van der Waals surface area (Å²) in [5, 5.41) is 3.09. The lowest BCUT2D eigenvalue weighted by Gasteiger charge is -2.17. The van der Waals surface area contributed by atoms with Gasteiger partial charge in [-0.1, -0.05) is 13.0 Å². The zero-order valence-electron chi connectivity index (χ0n) is 16.0. The van der Waals surface area contributed by atoms with Crippen molar-refractivity contribution in [1.82, 2.24) is 20.2 Å². The first kappa shape index (κ1) is 17.9. The van der Waals surface area contributed by atoms with E-state index in [1.54, 1.807) is 0 Å². The molecule has 1 amide bonds. The van der Waals surface area contributed by atoms with Crippen molar-refractivity contribution in [3.8, 4) is 11.5 Å². The van der Waals surface area contributed by atoms with Gasteiger partial charge in [0.1, 0.15) is 5.82 Å². The number of fused-ring (bicyclic) bond motifs is 1. The summed E-state index contributed by atoms with van der Waals surface area (Å²) in [6, 6.07) is 5.76. The first-order valence-corrected chi connectivity index (χ1v) is 9.45. The average molecular weight is 370 g/mol. The molecule has 27 heavy (non-hydrogen) atoms. The third kappa shape index (κ3) is 3.51. The number of nitrogens with one attached hydrogen (secondary N) is 2. The van der Waals surface area contributed by atoms with Gasteiger partial charge in [0.2, 0.25) is 12.7 Å². The molecule has 7 nitrogen and oxygen atoms in total. The van der Waals surface area contributed by atoms with Crippen molar-refractivity contribution in [2.24, 2.45) is 5.92 Å². The number of likely N-dealkylation sites (N-methyl/N-ethyl adjacent to an activating group) is 1. The van der Waals surface area contributed by atoms with Gasteiger partial charge in [0.25, 0.3) is 0 Å². The normalized spacial score (nSPS) is 21.6. The number of likely N-dealkylation sites (tertiary alicyclic amines) is 1. The highest BCUT2D eigenvalue weighted by Crippen LogP contribution is 2.34. The Kier molecular flexibility index (Phi) is 4.78. The number of carbonyl (C=O) groups excluding carboxylic acids is 1. The molecule has 1 aromatic heterocycles. The van der Waals surface area contributed by atoms with Crippen molar-refractivity contribution in [3.63, 3.8) is 0 Å². The molecule has 2 aromatic rings. The molecule has 0 saturated carbocycles. The van der Waals surface area contributed by atoms with E-state index < -0.39 is 0 Å². The molecule has 0 spiro atoms. The Bertz CT molecular complexity index is 848. The van der Waals surface area contributed by atoms with E-state index in [4.69, 9.17) is 14.5 Å². The van der Waals surface area contributed by atoms with Crippen LogP contribution in [0.2, 0.25) is 0 Å². The minimum Gasteiger partial charge on any atom is -0.454 e. The summed E-state index contributed by atoms with van der Waals surface area (Å²) in [5.41, 5.74) is 3.10. The van der Waals surface area contributed by atoms with Crippen LogP contribution in [0, 0.1) is 12.8 Å². The number of amides is 1. The quantitative estimate of drug-likeness (QED) is 0.841. The highest BCUT2D eigenvalue weighted by molar-refractivity contribution is 5.80. The van der Waals surface area contributed by atoms with E-state index in [1.165, 1.54) is 0 Å². The molecular weight excluding hydrogens is 344 g/mol. The minimum atomic E-state index is -0.101. The van der Waals surface area contributed by atoms with E-state index in [0.717, 1.165) is 53.8 Å². The Labute approximate surface area is 159 Å². The van der Waals surface area contributed by atoms with E-state index in [2.05, 4.69) is 29.2 Å². The summed E-state index contributed by atoms with van der Waals surface area (Å²) >= 11 is 0. The monoisotopic (exact) mass is 370 g/mol. The summed E-state index contributed by atoms with van der Waals surface area (Å²) in [6.45, 7) is 6.44. The number of H-pyrrole nitrogens is 1. The number of carbonyl (C=O) groups is 1. The highest BCUT2D eigenvalue weighted by Gasteiger charge is 2.39. The SMILES string of the molecule is CCc1nc([C@H]2CN(C)C[C@@H]2C(=O)NCc2ccc3c(c2)OCO3)c(C)[nH]1. The number of rotatable bonds is 5. The Hall–Kier alpha value is -2.54. The number of benzene rings is 1. The molecule has 0 radical (unpaired) electrons. The van der Waals surface area contributed by atoms with Crippen LogP contribution < -0.4 is 14.8 Å². The third-order valence-corrected chi connectivity index (χ3v) is 5.40. The van der Waals surface area contributed by atoms with Crippen LogP contribution in [0.4, 0.5) is 0 Å². The summed E-state index contributed by atoms with van der Waals surface area (Å²) in [6.07, 6.45) is 0.865. The van der Waals surface area contributed by atoms with E-state index in [9.17, 15) is 4.79 Å². The molecule has 1 fully saturated rings. The summed E-state index contributed by atoms with van der Waals surface area (Å²) in [7, 11) is 2.06. The van der Waals surface area contributed by atoms with Gasteiger partial charge in [-0.25, -0.2) is 4.98 Å². The van der Waals surface area contributed by atoms with Crippen molar-refractivity contribution in [3.05, 3.63) is 41.0 Å². The van der Waals surface area contributed by atoms with Gasteiger partial charge in [-0.05, 0) is 31.7 Å². The van der Waals surface area contributed by atoms with Crippen LogP contribution in [-0.4, -0.2) is 47.7 Å². The fourth-order valence-corrected chi connectivity index (χ4v) is 3.98. The van der Waals surface area contributed by atoms with E-state index >= 15 is 0 Å². The highest BCUT2D eigenvalue weighted by atomic mass is 16.7. The summed E-state index contributed by atoms with van der Waals surface area (Å²) in [4.78, 5) is 23.2. The van der Waals surface area contributed by atoms with Crippen LogP contribution in [-0.2, 0) is 17.8 Å². The molecular formula is C20H26N4O3. The van der Waals surface area contributed by atoms with Gasteiger partial charge in [0.05, 0.1) is 11.6 Å². The van der Waals surface area contributed by atoms with Crippen molar-refractivity contribution in [1.29, 1.82) is 0 Å². The lowest BCUT2D eigenvalue weighted by atomic mass is 9.91. The van der Waals surface area contributed by atoms with Crippen molar-refractivity contribution in [2.45, 2.75) is 32.7 Å². The molecule has 2 atom stereocenters. The van der Waals surface area contributed by atoms with Gasteiger partial charge in [-0.2, -0.15) is 0 Å². The van der Waals surface area contributed by atoms with Crippen LogP contribution in [0.3, 0.4) is 0 Å². The smallest absolute Gasteiger partial charge is 0.231 e. The second kappa shape index (κ2) is 7.23. The maximum Gasteiger partial charge on any atom is 0.231 e. The summed E-state index contributed by atoms with van der Waals surface area (Å²) < 4.78 is 10.7. The van der Waals surface area contributed by atoms with Crippen LogP contribution in [0.5, 0.6) is 11.5 Å². The van der Waals surface area contributed by atoms with Gasteiger partial charge in [-0.3, -0.25) is 4.79 Å². The molecule has 2 aliphatic rings. The van der Waals surface area contributed by atoms with E-state index in [0.29, 0.717) is 6.54 Å². The van der Waals surface area contributed by atoms with E-state index in [1.807, 2.05) is 25.1 Å². The van der Waals surface area contributed by atoms with Crippen LogP contribution >= 0.6 is 0 Å². The molecule has 1 aromatic carbocycles. The second-order valence-electron chi connectivity index (χ2n) is 7.39. The molecule has 0 aliphatic carbocycles. The summed E-state index contributed by atoms with van der Waals surface area (Å²) in [5.74, 6) is 2.56. The van der Waals surface area contributed by atoms with E-state index in [-0.39, 0.29) is 24.5 Å². The number of aromatic amines is 1. The second-order valence-corrected chi connectivity index (χ2v) is 7.39. The Balaban J connectivity index is 1.45. The number of hydrogen-bond acceptors (Lipinski definition) is 5. The number of aryl methyl sites for hydroxylation is 2. The molecule has 144 valence electrons. The largest absolute Gasteiger partial charge is 0.454 e. The molecule has 0 bridgehead atoms.